The van der Waals surface area contributed by atoms with Crippen molar-refractivity contribution in [2.75, 3.05) is 26.0 Å². The third-order valence-electron chi connectivity index (χ3n) is 9.20. The fourth-order valence-electron chi connectivity index (χ4n) is 6.00. The first-order chi connectivity index (χ1) is 18.5. The summed E-state index contributed by atoms with van der Waals surface area (Å²) in [6.45, 7) is 11.4. The Morgan fingerprint density at radius 1 is 1.15 bits per heavy atom. The number of likely N-dealkylation sites (tertiary alicyclic amines) is 1. The van der Waals surface area contributed by atoms with Crippen LogP contribution >= 0.6 is 23.4 Å². The average molecular weight is 574 g/mol. The number of ether oxygens (including phenoxy) is 1. The van der Waals surface area contributed by atoms with Gasteiger partial charge in [-0.1, -0.05) is 44.5 Å². The van der Waals surface area contributed by atoms with E-state index in [0.717, 1.165) is 49.4 Å². The Hall–Kier alpha value is -1.67. The Bertz CT molecular complexity index is 1090. The van der Waals surface area contributed by atoms with E-state index in [1.165, 1.54) is 15.4 Å². The average Bonchev–Trinajstić information content (AvgIpc) is 3.08. The van der Waals surface area contributed by atoms with Gasteiger partial charge in [-0.3, -0.25) is 24.4 Å². The highest BCUT2D eigenvalue weighted by Gasteiger charge is 2.52. The van der Waals surface area contributed by atoms with Crippen LogP contribution in [0.4, 0.5) is 0 Å². The lowest BCUT2D eigenvalue weighted by atomic mass is 9.82. The fraction of sp³-hybridized carbons (Fsp3) is 0.645. The van der Waals surface area contributed by atoms with Gasteiger partial charge in [-0.2, -0.15) is 0 Å². The van der Waals surface area contributed by atoms with Gasteiger partial charge in [-0.05, 0) is 75.8 Å². The molecule has 0 aromatic heterocycles. The number of nitrogens with zero attached hydrogens (tertiary/aromatic N) is 3. The van der Waals surface area contributed by atoms with Crippen molar-refractivity contribution in [2.45, 2.75) is 84.9 Å². The molecule has 3 unspecified atom stereocenters. The predicted octanol–water partition coefficient (Wildman–Crippen LogP) is 6.23. The Morgan fingerprint density at radius 2 is 1.82 bits per heavy atom. The van der Waals surface area contributed by atoms with Crippen molar-refractivity contribution in [3.8, 4) is 0 Å². The van der Waals surface area contributed by atoms with Gasteiger partial charge in [0.05, 0.1) is 24.7 Å². The summed E-state index contributed by atoms with van der Waals surface area (Å²) in [7, 11) is 0. The smallest absolute Gasteiger partial charge is 0.235 e. The molecule has 2 heterocycles. The second-order valence-electron chi connectivity index (χ2n) is 12.0. The van der Waals surface area contributed by atoms with Gasteiger partial charge in [0.25, 0.3) is 0 Å². The first-order valence-corrected chi connectivity index (χ1v) is 15.8. The molecule has 1 aromatic rings. The molecule has 4 rings (SSSR count). The van der Waals surface area contributed by atoms with Crippen LogP contribution in [-0.2, 0) is 20.7 Å². The van der Waals surface area contributed by atoms with Crippen LogP contribution in [0.5, 0.6) is 0 Å². The first kappa shape index (κ1) is 30.3. The topological polar surface area (TPSA) is 62.2 Å². The molecule has 2 aliphatic heterocycles. The molecule has 0 spiro atoms. The molecule has 2 saturated heterocycles. The van der Waals surface area contributed by atoms with E-state index in [1.807, 2.05) is 32.9 Å². The molecule has 3 fully saturated rings. The van der Waals surface area contributed by atoms with Crippen molar-refractivity contribution < 1.29 is 14.3 Å². The molecule has 0 bridgehead atoms. The maximum absolute atomic E-state index is 13.1. The Balaban J connectivity index is 1.45. The molecule has 2 amide bonds. The van der Waals surface area contributed by atoms with Gasteiger partial charge in [-0.15, -0.1) is 11.8 Å². The van der Waals surface area contributed by atoms with E-state index in [9.17, 15) is 9.59 Å². The molecule has 3 aliphatic rings. The molecule has 214 valence electrons. The van der Waals surface area contributed by atoms with Crippen LogP contribution in [0.3, 0.4) is 0 Å². The number of thioether (sulfide) groups is 1. The second kappa shape index (κ2) is 12.9. The second-order valence-corrected chi connectivity index (χ2v) is 13.5. The monoisotopic (exact) mass is 573 g/mol. The molecule has 1 aliphatic carbocycles. The van der Waals surface area contributed by atoms with Crippen LogP contribution in [0.25, 0.3) is 0 Å². The first-order valence-electron chi connectivity index (χ1n) is 14.2. The molecule has 8 heteroatoms. The molecular formula is C31H44ClN3O3S. The lowest BCUT2D eigenvalue weighted by molar-refractivity contribution is -0.146. The standard InChI is InChI=1S/C31H44ClN3O3S/c1-20-29(36)35(30(37)31(20,4)5)18-28-17-34(27(19-38-28)15-23-7-11-25(32)12-8-23)26-13-9-24(10-14-26)16-33-21(2)22(3)39-6/h7-8,11-12,16,20,24,26-28H,9-10,13-15,17-19H2,1-6H3/b22-21-,33-16+. The number of aliphatic imine (C=N–C) groups is 1. The summed E-state index contributed by atoms with van der Waals surface area (Å²) in [5, 5.41) is 0.741. The van der Waals surface area contributed by atoms with Crippen molar-refractivity contribution in [1.82, 2.24) is 9.80 Å². The maximum atomic E-state index is 13.1. The van der Waals surface area contributed by atoms with Gasteiger partial charge in [-0.25, -0.2) is 0 Å². The summed E-state index contributed by atoms with van der Waals surface area (Å²) in [6, 6.07) is 8.77. The summed E-state index contributed by atoms with van der Waals surface area (Å²) < 4.78 is 6.35. The van der Waals surface area contributed by atoms with Gasteiger partial charge < -0.3 is 4.74 Å². The van der Waals surface area contributed by atoms with Gasteiger partial charge in [0.1, 0.15) is 0 Å². The fourth-order valence-corrected chi connectivity index (χ4v) is 6.47. The number of morpholine rings is 1. The van der Waals surface area contributed by atoms with Crippen LogP contribution in [0.2, 0.25) is 5.02 Å². The van der Waals surface area contributed by atoms with Crippen molar-refractivity contribution in [2.24, 2.45) is 22.2 Å². The molecular weight excluding hydrogens is 530 g/mol. The van der Waals surface area contributed by atoms with Crippen LogP contribution < -0.4 is 0 Å². The highest BCUT2D eigenvalue weighted by Crippen LogP contribution is 2.38. The van der Waals surface area contributed by atoms with E-state index in [-0.39, 0.29) is 29.9 Å². The molecule has 0 radical (unpaired) electrons. The number of benzene rings is 1. The molecule has 0 N–H and O–H groups in total. The molecule has 1 saturated carbocycles. The van der Waals surface area contributed by atoms with Crippen LogP contribution in [-0.4, -0.2) is 72.0 Å². The minimum atomic E-state index is -0.662. The third kappa shape index (κ3) is 6.98. The van der Waals surface area contributed by atoms with E-state index in [0.29, 0.717) is 25.1 Å². The number of hydrogen-bond acceptors (Lipinski definition) is 6. The number of imide groups is 1. The van der Waals surface area contributed by atoms with Crippen molar-refractivity contribution >= 4 is 41.4 Å². The van der Waals surface area contributed by atoms with Crippen molar-refractivity contribution in [1.29, 1.82) is 0 Å². The summed E-state index contributed by atoms with van der Waals surface area (Å²) in [5.74, 6) is 0.0296. The van der Waals surface area contributed by atoms with Crippen LogP contribution in [0, 0.1) is 17.3 Å². The minimum Gasteiger partial charge on any atom is -0.373 e. The van der Waals surface area contributed by atoms with E-state index in [4.69, 9.17) is 21.3 Å². The minimum absolute atomic E-state index is 0.0794. The zero-order chi connectivity index (χ0) is 28.3. The largest absolute Gasteiger partial charge is 0.373 e. The number of halogens is 1. The van der Waals surface area contributed by atoms with E-state index in [2.05, 4.69) is 43.4 Å². The SMILES string of the molecule is CS/C(C)=C(C)\N=C\C1CCC(N2CC(CN3C(=O)C(C)C(C)(C)C3=O)OCC2Cc2ccc(Cl)cc2)CC1. The molecule has 6 nitrogen and oxygen atoms in total. The lowest BCUT2D eigenvalue weighted by Gasteiger charge is -2.46. The molecule has 1 aromatic carbocycles. The number of carbonyl (C=O) groups is 2. The predicted molar refractivity (Wildman–Crippen MR) is 161 cm³/mol. The summed E-state index contributed by atoms with van der Waals surface area (Å²) in [4.78, 5) is 36.1. The number of allylic oxidation sites excluding steroid dienone is 2. The van der Waals surface area contributed by atoms with Crippen LogP contribution in [0.1, 0.15) is 65.9 Å². The number of rotatable bonds is 8. The lowest BCUT2D eigenvalue weighted by Crippen LogP contribution is -2.58. The van der Waals surface area contributed by atoms with Gasteiger partial charge in [0.2, 0.25) is 11.8 Å². The quantitative estimate of drug-likeness (QED) is 0.273. The van der Waals surface area contributed by atoms with Crippen molar-refractivity contribution in [3.63, 3.8) is 0 Å². The van der Waals surface area contributed by atoms with E-state index in [1.54, 1.807) is 11.8 Å². The number of hydrogen-bond donors (Lipinski definition) is 0. The highest BCUT2D eigenvalue weighted by molar-refractivity contribution is 8.02. The summed E-state index contributed by atoms with van der Waals surface area (Å²) >= 11 is 7.88. The normalized spacial score (nSPS) is 30.7. The van der Waals surface area contributed by atoms with Crippen LogP contribution in [0.15, 0.2) is 39.9 Å². The summed E-state index contributed by atoms with van der Waals surface area (Å²) in [5.41, 5.74) is 1.68. The molecule has 3 atom stereocenters. The van der Waals surface area contributed by atoms with E-state index >= 15 is 0 Å². The maximum Gasteiger partial charge on any atom is 0.235 e. The highest BCUT2D eigenvalue weighted by atomic mass is 35.5. The van der Waals surface area contributed by atoms with E-state index < -0.39 is 5.41 Å². The Kier molecular flexibility index (Phi) is 10.0. The molecule has 39 heavy (non-hydrogen) atoms. The third-order valence-corrected chi connectivity index (χ3v) is 10.4. The number of carbonyl (C=O) groups excluding carboxylic acids is 2. The van der Waals surface area contributed by atoms with Crippen molar-refractivity contribution in [3.05, 3.63) is 45.5 Å². The van der Waals surface area contributed by atoms with Gasteiger partial charge >= 0.3 is 0 Å². The number of amides is 2. The Labute approximate surface area is 243 Å². The van der Waals surface area contributed by atoms with Gasteiger partial charge in [0, 0.05) is 46.4 Å². The summed E-state index contributed by atoms with van der Waals surface area (Å²) in [6.07, 6.45) is 9.40. The Morgan fingerprint density at radius 3 is 2.41 bits per heavy atom. The zero-order valence-electron chi connectivity index (χ0n) is 24.3. The zero-order valence-corrected chi connectivity index (χ0v) is 25.9. The van der Waals surface area contributed by atoms with Gasteiger partial charge in [0.15, 0.2) is 0 Å².